The highest BCUT2D eigenvalue weighted by Crippen LogP contribution is 2.45. The lowest BCUT2D eigenvalue weighted by atomic mass is 9.67. The van der Waals surface area contributed by atoms with Gasteiger partial charge >= 0.3 is 0 Å². The van der Waals surface area contributed by atoms with Gasteiger partial charge in [0.1, 0.15) is 5.67 Å². The minimum atomic E-state index is -0.805. The predicted octanol–water partition coefficient (Wildman–Crippen LogP) is 7.85. The summed E-state index contributed by atoms with van der Waals surface area (Å²) in [5.41, 5.74) is -0.805. The maximum atomic E-state index is 14.6. The normalized spacial score (nSPS) is 35.3. The summed E-state index contributed by atoms with van der Waals surface area (Å²) in [6, 6.07) is 0. The predicted molar refractivity (Wildman–Crippen MR) is 99.5 cm³/mol. The van der Waals surface area contributed by atoms with Gasteiger partial charge in [-0.3, -0.25) is 0 Å². The Kier molecular flexibility index (Phi) is 8.41. The van der Waals surface area contributed by atoms with Crippen LogP contribution in [0.25, 0.3) is 0 Å². The summed E-state index contributed by atoms with van der Waals surface area (Å²) < 4.78 is 14.6. The molecule has 0 atom stereocenters. The third-order valence-corrected chi connectivity index (χ3v) is 6.90. The van der Waals surface area contributed by atoms with E-state index in [-0.39, 0.29) is 0 Å². The molecule has 0 saturated heterocycles. The van der Waals surface area contributed by atoms with Crippen LogP contribution in [0.1, 0.15) is 117 Å². The second kappa shape index (κ2) is 10.0. The Hall–Kier alpha value is -0.0700. The summed E-state index contributed by atoms with van der Waals surface area (Å²) in [6.45, 7) is 4.42. The molecule has 2 rings (SSSR count). The highest BCUT2D eigenvalue weighted by Gasteiger charge is 2.37. The molecule has 0 nitrogen and oxygen atoms in total. The number of halogens is 1. The second-order valence-electron chi connectivity index (χ2n) is 8.72. The zero-order valence-electron chi connectivity index (χ0n) is 15.9. The quantitative estimate of drug-likeness (QED) is 0.379. The van der Waals surface area contributed by atoms with Gasteiger partial charge in [-0.2, -0.15) is 0 Å². The summed E-state index contributed by atoms with van der Waals surface area (Å²) in [5.74, 6) is 2.79. The first kappa shape index (κ1) is 19.3. The van der Waals surface area contributed by atoms with Crippen molar-refractivity contribution < 1.29 is 4.39 Å². The Morgan fingerprint density at radius 2 is 1.35 bits per heavy atom. The summed E-state index contributed by atoms with van der Waals surface area (Å²) in [6.07, 6.45) is 20.2. The molecule has 136 valence electrons. The van der Waals surface area contributed by atoms with Crippen molar-refractivity contribution in [3.8, 4) is 0 Å². The highest BCUT2D eigenvalue weighted by molar-refractivity contribution is 4.89. The van der Waals surface area contributed by atoms with Crippen molar-refractivity contribution in [3.63, 3.8) is 0 Å². The third kappa shape index (κ3) is 6.39. The van der Waals surface area contributed by atoms with Crippen LogP contribution < -0.4 is 0 Å². The summed E-state index contributed by atoms with van der Waals surface area (Å²) >= 11 is 0. The molecule has 2 fully saturated rings. The molecule has 0 N–H and O–H groups in total. The number of hydrogen-bond acceptors (Lipinski definition) is 0. The van der Waals surface area contributed by atoms with Gasteiger partial charge in [-0.05, 0) is 62.7 Å². The van der Waals surface area contributed by atoms with Gasteiger partial charge in [-0.25, -0.2) is 4.39 Å². The van der Waals surface area contributed by atoms with Crippen LogP contribution in [0, 0.1) is 17.8 Å². The van der Waals surface area contributed by atoms with E-state index < -0.39 is 5.67 Å². The minimum Gasteiger partial charge on any atom is -0.244 e. The topological polar surface area (TPSA) is 0 Å². The van der Waals surface area contributed by atoms with E-state index in [2.05, 4.69) is 13.8 Å². The molecule has 0 unspecified atom stereocenters. The van der Waals surface area contributed by atoms with Gasteiger partial charge < -0.3 is 0 Å². The maximum absolute atomic E-state index is 14.6. The molecule has 0 bridgehead atoms. The Morgan fingerprint density at radius 3 is 1.96 bits per heavy atom. The average molecular weight is 325 g/mol. The van der Waals surface area contributed by atoms with Crippen LogP contribution in [0.15, 0.2) is 0 Å². The Morgan fingerprint density at radius 1 is 0.739 bits per heavy atom. The first-order valence-corrected chi connectivity index (χ1v) is 10.9. The number of alkyl halides is 1. The van der Waals surface area contributed by atoms with E-state index in [0.29, 0.717) is 0 Å². The minimum absolute atomic E-state index is 0.796. The molecule has 0 amide bonds. The lowest BCUT2D eigenvalue weighted by molar-refractivity contribution is 0.0470. The van der Waals surface area contributed by atoms with E-state index in [4.69, 9.17) is 0 Å². The lowest BCUT2D eigenvalue weighted by Crippen LogP contribution is -2.33. The van der Waals surface area contributed by atoms with E-state index >= 15 is 0 Å². The van der Waals surface area contributed by atoms with E-state index in [1.807, 2.05) is 0 Å². The molecule has 23 heavy (non-hydrogen) atoms. The van der Waals surface area contributed by atoms with Crippen molar-refractivity contribution in [1.82, 2.24) is 0 Å². The third-order valence-electron chi connectivity index (χ3n) is 6.90. The zero-order valence-corrected chi connectivity index (χ0v) is 15.9. The van der Waals surface area contributed by atoms with Gasteiger partial charge in [0.25, 0.3) is 0 Å². The number of rotatable bonds is 9. The standard InChI is InChI=1S/C22H41F/c1-3-5-6-7-8-9-19-10-12-20(13-11-19)21-14-17-22(23,16-4-2)18-15-21/h19-21H,3-18H2,1-2H3/t19-,20-,21?,22?. The van der Waals surface area contributed by atoms with Gasteiger partial charge in [0.05, 0.1) is 0 Å². The molecule has 0 heterocycles. The van der Waals surface area contributed by atoms with Crippen molar-refractivity contribution in [2.45, 2.75) is 122 Å². The van der Waals surface area contributed by atoms with Gasteiger partial charge in [-0.1, -0.05) is 71.6 Å². The number of unbranched alkanes of at least 4 members (excludes halogenated alkanes) is 4. The van der Waals surface area contributed by atoms with Gasteiger partial charge in [0.2, 0.25) is 0 Å². The van der Waals surface area contributed by atoms with Crippen LogP contribution in [-0.4, -0.2) is 5.67 Å². The van der Waals surface area contributed by atoms with E-state index in [9.17, 15) is 4.39 Å². The number of hydrogen-bond donors (Lipinski definition) is 0. The smallest absolute Gasteiger partial charge is 0.111 e. The van der Waals surface area contributed by atoms with Crippen LogP contribution >= 0.6 is 0 Å². The molecule has 0 aromatic heterocycles. The molecule has 2 aliphatic rings. The first-order valence-electron chi connectivity index (χ1n) is 10.9. The van der Waals surface area contributed by atoms with Crippen LogP contribution in [0.2, 0.25) is 0 Å². The van der Waals surface area contributed by atoms with Crippen molar-refractivity contribution in [3.05, 3.63) is 0 Å². The molecule has 0 radical (unpaired) electrons. The van der Waals surface area contributed by atoms with E-state index in [0.717, 1.165) is 43.4 Å². The molecular weight excluding hydrogens is 283 g/mol. The van der Waals surface area contributed by atoms with Gasteiger partial charge in [-0.15, -0.1) is 0 Å². The van der Waals surface area contributed by atoms with Crippen molar-refractivity contribution >= 4 is 0 Å². The van der Waals surface area contributed by atoms with Gasteiger partial charge in [0, 0.05) is 0 Å². The van der Waals surface area contributed by atoms with Crippen molar-refractivity contribution in [2.75, 3.05) is 0 Å². The molecule has 2 saturated carbocycles. The molecule has 0 aromatic carbocycles. The molecular formula is C22H41F. The van der Waals surface area contributed by atoms with Gasteiger partial charge in [0.15, 0.2) is 0 Å². The molecule has 0 spiro atoms. The van der Waals surface area contributed by atoms with Crippen molar-refractivity contribution in [2.24, 2.45) is 17.8 Å². The van der Waals surface area contributed by atoms with Crippen LogP contribution in [0.3, 0.4) is 0 Å². The van der Waals surface area contributed by atoms with Crippen molar-refractivity contribution in [1.29, 1.82) is 0 Å². The van der Waals surface area contributed by atoms with E-state index in [1.54, 1.807) is 0 Å². The average Bonchev–Trinajstić information content (AvgIpc) is 2.56. The fraction of sp³-hybridized carbons (Fsp3) is 1.00. The molecule has 1 heteroatoms. The maximum Gasteiger partial charge on any atom is 0.111 e. The first-order chi connectivity index (χ1) is 11.2. The summed E-state index contributed by atoms with van der Waals surface area (Å²) in [4.78, 5) is 0. The second-order valence-corrected chi connectivity index (χ2v) is 8.72. The summed E-state index contributed by atoms with van der Waals surface area (Å²) in [7, 11) is 0. The van der Waals surface area contributed by atoms with Crippen LogP contribution in [-0.2, 0) is 0 Å². The fourth-order valence-corrected chi connectivity index (χ4v) is 5.31. The lowest BCUT2D eigenvalue weighted by Gasteiger charge is -2.40. The Labute approximate surface area is 145 Å². The molecule has 0 aromatic rings. The Bertz CT molecular complexity index is 295. The highest BCUT2D eigenvalue weighted by atomic mass is 19.1. The zero-order chi connectivity index (χ0) is 16.5. The summed E-state index contributed by atoms with van der Waals surface area (Å²) in [5, 5.41) is 0. The monoisotopic (exact) mass is 324 g/mol. The fourth-order valence-electron chi connectivity index (χ4n) is 5.31. The van der Waals surface area contributed by atoms with Crippen LogP contribution in [0.4, 0.5) is 4.39 Å². The van der Waals surface area contributed by atoms with E-state index in [1.165, 1.54) is 77.0 Å². The molecule has 2 aliphatic carbocycles. The Balaban J connectivity index is 1.60. The van der Waals surface area contributed by atoms with Crippen LogP contribution in [0.5, 0.6) is 0 Å². The largest absolute Gasteiger partial charge is 0.244 e. The SMILES string of the molecule is CCCCCCC[C@H]1CC[C@H](C2CCC(F)(CCC)CC2)CC1. The molecule has 0 aliphatic heterocycles.